The standard InChI is InChI=1S/C20H24N2O.ClH/c1-21-17-7-4-10-22(13-17)20(23)19-12-18(19)16-9-8-14-5-2-3-6-15(14)11-16;/h2-3,5-6,8-9,11,17-19,21H,4,7,10,12-13H2,1H3;1H. The number of rotatable bonds is 3. The second-order valence-corrected chi connectivity index (χ2v) is 6.97. The lowest BCUT2D eigenvalue weighted by Gasteiger charge is -2.32. The summed E-state index contributed by atoms with van der Waals surface area (Å²) < 4.78 is 0. The topological polar surface area (TPSA) is 32.3 Å². The number of hydrogen-bond acceptors (Lipinski definition) is 2. The van der Waals surface area contributed by atoms with Gasteiger partial charge in [0, 0.05) is 25.0 Å². The maximum Gasteiger partial charge on any atom is 0.226 e. The SMILES string of the molecule is CNC1CCCN(C(=O)C2CC2c2ccc3ccccc3c2)C1.Cl. The Hall–Kier alpha value is -1.58. The molecule has 1 amide bonds. The van der Waals surface area contributed by atoms with Crippen molar-refractivity contribution in [1.29, 1.82) is 0 Å². The Morgan fingerprint density at radius 2 is 1.96 bits per heavy atom. The minimum absolute atomic E-state index is 0. The van der Waals surface area contributed by atoms with Gasteiger partial charge in [-0.05, 0) is 48.6 Å². The average molecular weight is 345 g/mol. The smallest absolute Gasteiger partial charge is 0.226 e. The first-order chi connectivity index (χ1) is 11.3. The Morgan fingerprint density at radius 3 is 2.75 bits per heavy atom. The van der Waals surface area contributed by atoms with E-state index in [1.165, 1.54) is 22.8 Å². The highest BCUT2D eigenvalue weighted by molar-refractivity contribution is 5.86. The first-order valence-corrected chi connectivity index (χ1v) is 8.71. The molecule has 2 aromatic carbocycles. The van der Waals surface area contributed by atoms with E-state index in [1.807, 2.05) is 7.05 Å². The van der Waals surface area contributed by atoms with Crippen LogP contribution in [0.4, 0.5) is 0 Å². The highest BCUT2D eigenvalue weighted by Crippen LogP contribution is 2.49. The van der Waals surface area contributed by atoms with Crippen LogP contribution >= 0.6 is 12.4 Å². The predicted molar refractivity (Wildman–Crippen MR) is 101 cm³/mol. The molecule has 4 rings (SSSR count). The fourth-order valence-electron chi connectivity index (χ4n) is 3.92. The normalized spacial score (nSPS) is 26.0. The molecule has 4 heteroatoms. The van der Waals surface area contributed by atoms with Gasteiger partial charge in [0.15, 0.2) is 0 Å². The molecule has 3 unspecified atom stereocenters. The van der Waals surface area contributed by atoms with Crippen LogP contribution in [0, 0.1) is 5.92 Å². The van der Waals surface area contributed by atoms with Crippen molar-refractivity contribution in [3.05, 3.63) is 48.0 Å². The summed E-state index contributed by atoms with van der Waals surface area (Å²) in [6, 6.07) is 15.5. The maximum atomic E-state index is 12.8. The molecule has 24 heavy (non-hydrogen) atoms. The van der Waals surface area contributed by atoms with E-state index >= 15 is 0 Å². The summed E-state index contributed by atoms with van der Waals surface area (Å²) in [7, 11) is 1.99. The van der Waals surface area contributed by atoms with Crippen molar-refractivity contribution in [3.8, 4) is 0 Å². The van der Waals surface area contributed by atoms with Gasteiger partial charge in [0.25, 0.3) is 0 Å². The molecule has 1 aliphatic carbocycles. The summed E-state index contributed by atoms with van der Waals surface area (Å²) in [5.74, 6) is 0.983. The molecule has 3 nitrogen and oxygen atoms in total. The van der Waals surface area contributed by atoms with Crippen LogP contribution in [0.25, 0.3) is 10.8 Å². The Morgan fingerprint density at radius 1 is 1.17 bits per heavy atom. The lowest BCUT2D eigenvalue weighted by molar-refractivity contribution is -0.134. The molecule has 0 aromatic heterocycles. The van der Waals surface area contributed by atoms with Gasteiger partial charge in [-0.1, -0.05) is 42.5 Å². The number of nitrogens with one attached hydrogen (secondary N) is 1. The van der Waals surface area contributed by atoms with Crippen LogP contribution in [0.15, 0.2) is 42.5 Å². The number of nitrogens with zero attached hydrogens (tertiary/aromatic N) is 1. The van der Waals surface area contributed by atoms with E-state index in [9.17, 15) is 4.79 Å². The highest BCUT2D eigenvalue weighted by Gasteiger charge is 2.46. The molecule has 0 spiro atoms. The summed E-state index contributed by atoms with van der Waals surface area (Å²) >= 11 is 0. The molecular formula is C20H25ClN2O. The monoisotopic (exact) mass is 344 g/mol. The molecule has 1 aliphatic heterocycles. The van der Waals surface area contributed by atoms with Gasteiger partial charge in [0.1, 0.15) is 0 Å². The number of amides is 1. The van der Waals surface area contributed by atoms with Gasteiger partial charge < -0.3 is 10.2 Å². The van der Waals surface area contributed by atoms with Gasteiger partial charge in [-0.3, -0.25) is 4.79 Å². The fraction of sp³-hybridized carbons (Fsp3) is 0.450. The predicted octanol–water partition coefficient (Wildman–Crippen LogP) is 3.58. The van der Waals surface area contributed by atoms with Gasteiger partial charge in [-0.15, -0.1) is 12.4 Å². The van der Waals surface area contributed by atoms with Crippen molar-refractivity contribution in [3.63, 3.8) is 0 Å². The average Bonchev–Trinajstić information content (AvgIpc) is 3.41. The summed E-state index contributed by atoms with van der Waals surface area (Å²) in [5.41, 5.74) is 1.32. The Kier molecular flexibility index (Phi) is 5.12. The van der Waals surface area contributed by atoms with Crippen LogP contribution in [0.3, 0.4) is 0 Å². The van der Waals surface area contributed by atoms with Crippen LogP contribution in [-0.2, 0) is 4.79 Å². The van der Waals surface area contributed by atoms with E-state index in [4.69, 9.17) is 0 Å². The molecule has 1 heterocycles. The van der Waals surface area contributed by atoms with Crippen LogP contribution in [-0.4, -0.2) is 37.0 Å². The van der Waals surface area contributed by atoms with Crippen molar-refractivity contribution in [2.45, 2.75) is 31.2 Å². The minimum Gasteiger partial charge on any atom is -0.341 e. The Balaban J connectivity index is 0.00000169. The zero-order chi connectivity index (χ0) is 15.8. The first kappa shape index (κ1) is 17.2. The largest absolute Gasteiger partial charge is 0.341 e. The number of likely N-dealkylation sites (N-methyl/N-ethyl adjacent to an activating group) is 1. The maximum absolute atomic E-state index is 12.8. The van der Waals surface area contributed by atoms with Gasteiger partial charge >= 0.3 is 0 Å². The van der Waals surface area contributed by atoms with E-state index in [0.29, 0.717) is 17.9 Å². The molecule has 2 aliphatic rings. The van der Waals surface area contributed by atoms with Gasteiger partial charge in [0.2, 0.25) is 5.91 Å². The number of carbonyl (C=O) groups excluding carboxylic acids is 1. The molecule has 3 atom stereocenters. The van der Waals surface area contributed by atoms with E-state index in [0.717, 1.165) is 25.9 Å². The highest BCUT2D eigenvalue weighted by atomic mass is 35.5. The number of likely N-dealkylation sites (tertiary alicyclic amines) is 1. The van der Waals surface area contributed by atoms with Crippen LogP contribution in [0.2, 0.25) is 0 Å². The van der Waals surface area contributed by atoms with E-state index in [1.54, 1.807) is 0 Å². The van der Waals surface area contributed by atoms with Crippen molar-refractivity contribution >= 4 is 29.1 Å². The third kappa shape index (κ3) is 3.28. The summed E-state index contributed by atoms with van der Waals surface area (Å²) in [4.78, 5) is 14.8. The lowest BCUT2D eigenvalue weighted by atomic mass is 10.0. The second kappa shape index (κ2) is 7.12. The molecule has 0 radical (unpaired) electrons. The Bertz CT molecular complexity index is 732. The number of halogens is 1. The second-order valence-electron chi connectivity index (χ2n) is 6.97. The lowest BCUT2D eigenvalue weighted by Crippen LogP contribution is -2.47. The molecular weight excluding hydrogens is 320 g/mol. The van der Waals surface area contributed by atoms with Gasteiger partial charge in [0.05, 0.1) is 0 Å². The molecule has 0 bridgehead atoms. The van der Waals surface area contributed by atoms with Crippen molar-refractivity contribution in [1.82, 2.24) is 10.2 Å². The van der Waals surface area contributed by atoms with Gasteiger partial charge in [-0.25, -0.2) is 0 Å². The zero-order valence-electron chi connectivity index (χ0n) is 14.1. The van der Waals surface area contributed by atoms with Crippen molar-refractivity contribution in [2.24, 2.45) is 5.92 Å². The minimum atomic E-state index is 0. The van der Waals surface area contributed by atoms with Gasteiger partial charge in [-0.2, -0.15) is 0 Å². The number of benzene rings is 2. The van der Waals surface area contributed by atoms with Crippen LogP contribution < -0.4 is 5.32 Å². The number of piperidine rings is 1. The molecule has 2 fully saturated rings. The summed E-state index contributed by atoms with van der Waals surface area (Å²) in [6.07, 6.45) is 3.31. The van der Waals surface area contributed by atoms with E-state index in [2.05, 4.69) is 52.7 Å². The van der Waals surface area contributed by atoms with Crippen molar-refractivity contribution < 1.29 is 4.79 Å². The number of carbonyl (C=O) groups is 1. The van der Waals surface area contributed by atoms with Crippen LogP contribution in [0.1, 0.15) is 30.7 Å². The van der Waals surface area contributed by atoms with E-state index < -0.39 is 0 Å². The summed E-state index contributed by atoms with van der Waals surface area (Å²) in [5, 5.41) is 5.86. The van der Waals surface area contributed by atoms with Crippen molar-refractivity contribution in [2.75, 3.05) is 20.1 Å². The third-order valence-corrected chi connectivity index (χ3v) is 5.45. The molecule has 1 N–H and O–H groups in total. The molecule has 1 saturated heterocycles. The molecule has 128 valence electrons. The molecule has 2 aromatic rings. The fourth-order valence-corrected chi connectivity index (χ4v) is 3.92. The van der Waals surface area contributed by atoms with Crippen LogP contribution in [0.5, 0.6) is 0 Å². The third-order valence-electron chi connectivity index (χ3n) is 5.45. The zero-order valence-corrected chi connectivity index (χ0v) is 14.9. The summed E-state index contributed by atoms with van der Waals surface area (Å²) in [6.45, 7) is 1.80. The van der Waals surface area contributed by atoms with E-state index in [-0.39, 0.29) is 18.3 Å². The quantitative estimate of drug-likeness (QED) is 0.923. The Labute approximate surface area is 149 Å². The number of fused-ring (bicyclic) bond motifs is 1. The molecule has 1 saturated carbocycles. The number of hydrogen-bond donors (Lipinski definition) is 1. The first-order valence-electron chi connectivity index (χ1n) is 8.71.